The molecule has 0 atom stereocenters. The maximum atomic E-state index is 13.2. The average molecular weight is 959 g/mol. The topological polar surface area (TPSA) is 196 Å². The third-order valence-electron chi connectivity index (χ3n) is 9.48. The number of nitrogens with zero attached hydrogens (tertiary/aromatic N) is 8. The van der Waals surface area contributed by atoms with Gasteiger partial charge in [0.15, 0.2) is 17.1 Å². The van der Waals surface area contributed by atoms with Crippen molar-refractivity contribution >= 4 is 88.7 Å². The van der Waals surface area contributed by atoms with Crippen molar-refractivity contribution in [2.24, 2.45) is 0 Å². The van der Waals surface area contributed by atoms with Gasteiger partial charge in [0, 0.05) is 52.2 Å². The van der Waals surface area contributed by atoms with Crippen LogP contribution in [0.4, 0.5) is 0 Å². The molecule has 5 aromatic heterocycles. The molecule has 6 aromatic rings. The van der Waals surface area contributed by atoms with Crippen LogP contribution in [-0.2, 0) is 22.9 Å². The Bertz CT molecular complexity index is 2490. The van der Waals surface area contributed by atoms with E-state index in [4.69, 9.17) is 26.1 Å². The molecule has 1 aromatic carbocycles. The van der Waals surface area contributed by atoms with Crippen molar-refractivity contribution in [2.45, 2.75) is 104 Å². The van der Waals surface area contributed by atoms with Crippen LogP contribution in [-0.4, -0.2) is 115 Å². The number of ether oxygens (including phenoxy) is 2. The highest BCUT2D eigenvalue weighted by Gasteiger charge is 2.26. The van der Waals surface area contributed by atoms with E-state index in [-0.39, 0.29) is 31.8 Å². The van der Waals surface area contributed by atoms with Crippen molar-refractivity contribution in [2.75, 3.05) is 26.4 Å². The summed E-state index contributed by atoms with van der Waals surface area (Å²) in [5.41, 5.74) is 2.07. The normalized spacial score (nSPS) is 12.6. The quantitative estimate of drug-likeness (QED) is 0.0531. The van der Waals surface area contributed by atoms with Gasteiger partial charge in [-0.15, -0.1) is 0 Å². The summed E-state index contributed by atoms with van der Waals surface area (Å²) in [7, 11) is -2.38. The first-order valence-corrected chi connectivity index (χ1v) is 28.6. The van der Waals surface area contributed by atoms with Crippen molar-refractivity contribution < 1.29 is 29.3 Å². The molecule has 2 amide bonds. The van der Waals surface area contributed by atoms with E-state index in [0.29, 0.717) is 68.8 Å². The summed E-state index contributed by atoms with van der Waals surface area (Å²) in [4.78, 5) is 44.0. The molecule has 4 N–H and O–H groups in total. The monoisotopic (exact) mass is 956 g/mol. The molecule has 0 fully saturated rings. The molecule has 0 saturated heterocycles. The van der Waals surface area contributed by atoms with Crippen LogP contribution in [0.25, 0.3) is 39.0 Å². The smallest absolute Gasteiger partial charge is 0.255 e. The van der Waals surface area contributed by atoms with Gasteiger partial charge >= 0.3 is 0 Å². The minimum atomic E-state index is -1.23. The van der Waals surface area contributed by atoms with Gasteiger partial charge in [0.1, 0.15) is 29.1 Å². The molecule has 0 aliphatic heterocycles. The molecule has 0 bridgehead atoms. The Balaban J connectivity index is 0.000000242. The third-order valence-corrected chi connectivity index (χ3v) is 13.5. The summed E-state index contributed by atoms with van der Waals surface area (Å²) in [5, 5.41) is 30.6. The van der Waals surface area contributed by atoms with Crippen LogP contribution in [0.15, 0.2) is 53.8 Å². The van der Waals surface area contributed by atoms with E-state index in [0.717, 1.165) is 23.0 Å². The molecule has 5 heterocycles. The van der Waals surface area contributed by atoms with E-state index >= 15 is 0 Å². The Kier molecular flexibility index (Phi) is 15.4. The van der Waals surface area contributed by atoms with Gasteiger partial charge in [-0.3, -0.25) is 9.59 Å². The van der Waals surface area contributed by atoms with E-state index in [2.05, 4.69) is 85.9 Å². The zero-order chi connectivity index (χ0) is 44.9. The van der Waals surface area contributed by atoms with Crippen molar-refractivity contribution in [3.05, 3.63) is 69.9 Å². The molecule has 20 heteroatoms. The van der Waals surface area contributed by atoms with Crippen LogP contribution in [0.3, 0.4) is 0 Å². The van der Waals surface area contributed by atoms with Crippen molar-refractivity contribution in [1.82, 2.24) is 49.5 Å². The van der Waals surface area contributed by atoms with Crippen LogP contribution < -0.4 is 10.6 Å². The molecule has 0 aliphatic rings. The summed E-state index contributed by atoms with van der Waals surface area (Å²) in [6, 6.07) is 7.61. The van der Waals surface area contributed by atoms with Gasteiger partial charge < -0.3 is 39.5 Å². The molecule has 0 saturated carbocycles. The predicted octanol–water partition coefficient (Wildman–Crippen LogP) is 7.24. The molecule has 0 spiro atoms. The second kappa shape index (κ2) is 19.5. The number of halogens is 2. The lowest BCUT2D eigenvalue weighted by Crippen LogP contribution is -2.46. The lowest BCUT2D eigenvalue weighted by Gasteiger charge is -2.23. The molecule has 330 valence electrons. The van der Waals surface area contributed by atoms with Crippen LogP contribution >= 0.6 is 27.5 Å². The number of rotatable bonds is 17. The first kappa shape index (κ1) is 48.0. The number of aliphatic hydroxyl groups is 2. The molecular formula is C41H58BrClN10O6Si2. The number of fused-ring (bicyclic) bond motifs is 3. The van der Waals surface area contributed by atoms with Gasteiger partial charge in [-0.05, 0) is 73.9 Å². The molecule has 0 aliphatic carbocycles. The summed E-state index contributed by atoms with van der Waals surface area (Å²) in [6.45, 7) is 22.3. The fraction of sp³-hybridized carbons (Fsp3) is 0.488. The van der Waals surface area contributed by atoms with E-state index in [1.54, 1.807) is 78.6 Å². The van der Waals surface area contributed by atoms with E-state index in [1.165, 1.54) is 0 Å². The number of carbonyl (C=O) groups is 2. The fourth-order valence-corrected chi connectivity index (χ4v) is 7.75. The largest absolute Gasteiger partial charge is 0.394 e. The Morgan fingerprint density at radius 1 is 0.770 bits per heavy atom. The summed E-state index contributed by atoms with van der Waals surface area (Å²) in [6.07, 6.45) is 8.35. The summed E-state index contributed by atoms with van der Waals surface area (Å²) < 4.78 is 17.5. The Morgan fingerprint density at radius 2 is 1.26 bits per heavy atom. The molecule has 0 radical (unpaired) electrons. The number of benzene rings is 1. The maximum Gasteiger partial charge on any atom is 0.255 e. The SMILES string of the molecule is CC(C)(CO)NC(=O)c1cn(COCC[Si](C)(C)C)c2ncc(-n3ncc4ccc(Cl)cc43)nc12.CC(C)(CO)NC(=O)c1cn(COCC[Si](C)(C)C)c2ncc(Br)nc12. The van der Waals surface area contributed by atoms with Crippen molar-refractivity contribution in [3.63, 3.8) is 0 Å². The first-order valence-electron chi connectivity index (χ1n) is 20.0. The molecular weight excluding hydrogens is 900 g/mol. The number of hydrogen-bond donors (Lipinski definition) is 4. The predicted molar refractivity (Wildman–Crippen MR) is 248 cm³/mol. The second-order valence-corrected chi connectivity index (χ2v) is 31.2. The van der Waals surface area contributed by atoms with Gasteiger partial charge in [0.2, 0.25) is 0 Å². The first-order chi connectivity index (χ1) is 28.5. The van der Waals surface area contributed by atoms with Gasteiger partial charge in [-0.1, -0.05) is 50.9 Å². The zero-order valence-electron chi connectivity index (χ0n) is 36.6. The highest BCUT2D eigenvalue weighted by atomic mass is 79.9. The fourth-order valence-electron chi connectivity index (χ4n) is 5.79. The van der Waals surface area contributed by atoms with Crippen LogP contribution in [0.5, 0.6) is 0 Å². The second-order valence-electron chi connectivity index (χ2n) is 18.7. The lowest BCUT2D eigenvalue weighted by atomic mass is 10.1. The molecule has 61 heavy (non-hydrogen) atoms. The molecule has 6 rings (SSSR count). The van der Waals surface area contributed by atoms with Gasteiger partial charge in [0.05, 0.1) is 59.5 Å². The van der Waals surface area contributed by atoms with Crippen LogP contribution in [0, 0.1) is 0 Å². The lowest BCUT2D eigenvalue weighted by molar-refractivity contribution is 0.0850. The third kappa shape index (κ3) is 13.0. The van der Waals surface area contributed by atoms with Crippen molar-refractivity contribution in [1.29, 1.82) is 0 Å². The van der Waals surface area contributed by atoms with E-state index in [9.17, 15) is 19.8 Å². The van der Waals surface area contributed by atoms with Crippen LogP contribution in [0.2, 0.25) is 56.4 Å². The summed E-state index contributed by atoms with van der Waals surface area (Å²) in [5.74, 6) is -0.195. The number of hydrogen-bond acceptors (Lipinski definition) is 11. The van der Waals surface area contributed by atoms with Gasteiger partial charge in [0.25, 0.3) is 11.8 Å². The highest BCUT2D eigenvalue weighted by molar-refractivity contribution is 9.10. The van der Waals surface area contributed by atoms with Crippen LogP contribution in [0.1, 0.15) is 48.4 Å². The minimum Gasteiger partial charge on any atom is -0.394 e. The van der Waals surface area contributed by atoms with Gasteiger partial charge in [-0.25, -0.2) is 24.6 Å². The van der Waals surface area contributed by atoms with Crippen molar-refractivity contribution in [3.8, 4) is 5.82 Å². The molecule has 16 nitrogen and oxygen atoms in total. The van der Waals surface area contributed by atoms with E-state index in [1.807, 2.05) is 12.1 Å². The Hall–Kier alpha value is -4.09. The maximum absolute atomic E-state index is 13.2. The zero-order valence-corrected chi connectivity index (χ0v) is 41.0. The average Bonchev–Trinajstić information content (AvgIpc) is 3.87. The Morgan fingerprint density at radius 3 is 1.75 bits per heavy atom. The standard InChI is InChI=1S/C24H31ClN6O3Si.C17H27BrN4O3Si/c1-24(2,14-32)29-23(33)18-13-30(15-34-8-9-35(3,4)5)22-21(18)28-20(12-26-22)31-19-10-17(25)7-6-16(19)11-27-31;1-17(2,10-23)21-16(24)12-9-22(11-25-6-7-26(3,4)5)15-14(12)20-13(18)8-19-15/h6-7,10-13,32H,8-9,14-15H2,1-5H3,(H,29,33);8-9,23H,6-7,10-11H2,1-5H3,(H,21,24). The minimum absolute atomic E-state index is 0.160. The molecule has 0 unspecified atom stereocenters. The highest BCUT2D eigenvalue weighted by Crippen LogP contribution is 2.25. The number of aliphatic hydroxyl groups excluding tert-OH is 2. The summed E-state index contributed by atoms with van der Waals surface area (Å²) >= 11 is 9.50. The Labute approximate surface area is 371 Å². The number of aromatic nitrogens is 8. The number of nitrogens with one attached hydrogen (secondary N) is 2. The number of amides is 2. The van der Waals surface area contributed by atoms with Gasteiger partial charge in [-0.2, -0.15) is 5.10 Å². The van der Waals surface area contributed by atoms with E-state index < -0.39 is 27.2 Å². The number of carbonyl (C=O) groups excluding carboxylic acids is 2.